The summed E-state index contributed by atoms with van der Waals surface area (Å²) in [5, 5.41) is 0. The number of hydrogen-bond acceptors (Lipinski definition) is 3. The Morgan fingerprint density at radius 1 is 0.743 bits per heavy atom. The summed E-state index contributed by atoms with van der Waals surface area (Å²) in [6, 6.07) is 24.7. The molecule has 1 aliphatic rings. The summed E-state index contributed by atoms with van der Waals surface area (Å²) in [5.74, 6) is 0.130. The van der Waals surface area contributed by atoms with Crippen molar-refractivity contribution in [2.75, 3.05) is 12.0 Å². The second-order valence-corrected chi connectivity index (χ2v) is 8.67. The molecule has 0 saturated heterocycles. The van der Waals surface area contributed by atoms with Crippen LogP contribution in [0, 0.1) is 20.8 Å². The molecular weight excluding hydrogens is 436 g/mol. The third-order valence-corrected chi connectivity index (χ3v) is 6.54. The van der Waals surface area contributed by atoms with E-state index in [2.05, 4.69) is 10.6 Å². The molecule has 5 heteroatoms. The summed E-state index contributed by atoms with van der Waals surface area (Å²) in [6.45, 7) is 5.96. The number of benzene rings is 3. The summed E-state index contributed by atoms with van der Waals surface area (Å²) in [5.41, 5.74) is 6.95. The van der Waals surface area contributed by atoms with E-state index in [0.29, 0.717) is 22.4 Å². The van der Waals surface area contributed by atoms with Crippen molar-refractivity contribution in [3.8, 4) is 11.4 Å². The second kappa shape index (κ2) is 8.76. The highest BCUT2D eigenvalue weighted by molar-refractivity contribution is 6.43. The predicted molar refractivity (Wildman–Crippen MR) is 139 cm³/mol. The van der Waals surface area contributed by atoms with Gasteiger partial charge in [0.2, 0.25) is 0 Å². The number of imide groups is 1. The number of anilines is 1. The molecule has 3 aromatic carbocycles. The number of para-hydroxylation sites is 3. The maximum absolute atomic E-state index is 13.8. The molecule has 0 radical (unpaired) electrons. The molecule has 0 fully saturated rings. The van der Waals surface area contributed by atoms with Gasteiger partial charge in [-0.1, -0.05) is 48.5 Å². The molecule has 2 amide bonds. The number of carbonyl (C=O) groups excluding carboxylic acids is 2. The van der Waals surface area contributed by atoms with E-state index in [9.17, 15) is 9.59 Å². The standard InChI is InChI=1S/C30H26N2O3/c1-19-11-5-8-14-26(19)32-29(33)24-13-7-6-12-23(24)25(30(32)34)18-22-17-20(2)31(21(22)3)27-15-9-10-16-28(27)35-4/h5-18H,1-4H3/b25-18+. The van der Waals surface area contributed by atoms with E-state index in [0.717, 1.165) is 34.0 Å². The van der Waals surface area contributed by atoms with Crippen LogP contribution in [0.2, 0.25) is 0 Å². The van der Waals surface area contributed by atoms with E-state index < -0.39 is 0 Å². The quantitative estimate of drug-likeness (QED) is 0.270. The van der Waals surface area contributed by atoms with Crippen molar-refractivity contribution in [2.45, 2.75) is 20.8 Å². The lowest BCUT2D eigenvalue weighted by atomic mass is 9.91. The van der Waals surface area contributed by atoms with Crippen LogP contribution in [0.4, 0.5) is 5.69 Å². The maximum Gasteiger partial charge on any atom is 0.265 e. The van der Waals surface area contributed by atoms with Gasteiger partial charge in [-0.2, -0.15) is 0 Å². The summed E-state index contributed by atoms with van der Waals surface area (Å²) in [4.78, 5) is 28.6. The summed E-state index contributed by atoms with van der Waals surface area (Å²) in [7, 11) is 1.66. The fourth-order valence-electron chi connectivity index (χ4n) is 4.80. The first-order valence-electron chi connectivity index (χ1n) is 11.5. The lowest BCUT2D eigenvalue weighted by Crippen LogP contribution is -2.42. The molecule has 0 atom stereocenters. The van der Waals surface area contributed by atoms with Crippen LogP contribution in [0.1, 0.15) is 38.4 Å². The monoisotopic (exact) mass is 462 g/mol. The van der Waals surface area contributed by atoms with Gasteiger partial charge >= 0.3 is 0 Å². The van der Waals surface area contributed by atoms with Crippen molar-refractivity contribution in [1.29, 1.82) is 0 Å². The van der Waals surface area contributed by atoms with Crippen molar-refractivity contribution >= 4 is 29.2 Å². The second-order valence-electron chi connectivity index (χ2n) is 8.67. The van der Waals surface area contributed by atoms with E-state index >= 15 is 0 Å². The molecule has 1 aromatic heterocycles. The first kappa shape index (κ1) is 22.4. The van der Waals surface area contributed by atoms with Crippen molar-refractivity contribution in [3.05, 3.63) is 113 Å². The fourth-order valence-corrected chi connectivity index (χ4v) is 4.80. The molecule has 0 unspecified atom stereocenters. The van der Waals surface area contributed by atoms with E-state index in [-0.39, 0.29) is 11.8 Å². The Balaban J connectivity index is 1.70. The Bertz CT molecular complexity index is 1510. The van der Waals surface area contributed by atoms with Crippen LogP contribution < -0.4 is 9.64 Å². The number of hydrogen-bond donors (Lipinski definition) is 0. The number of rotatable bonds is 4. The zero-order valence-electron chi connectivity index (χ0n) is 20.2. The summed E-state index contributed by atoms with van der Waals surface area (Å²) < 4.78 is 7.70. The first-order valence-corrected chi connectivity index (χ1v) is 11.5. The van der Waals surface area contributed by atoms with Gasteiger partial charge in [0.1, 0.15) is 5.75 Å². The summed E-state index contributed by atoms with van der Waals surface area (Å²) >= 11 is 0. The number of methoxy groups -OCH3 is 1. The Morgan fingerprint density at radius 3 is 2.09 bits per heavy atom. The van der Waals surface area contributed by atoms with E-state index in [1.165, 1.54) is 4.90 Å². The fraction of sp³-hybridized carbons (Fsp3) is 0.133. The van der Waals surface area contributed by atoms with Gasteiger partial charge < -0.3 is 9.30 Å². The average molecular weight is 463 g/mol. The normalized spacial score (nSPS) is 14.4. The lowest BCUT2D eigenvalue weighted by molar-refractivity contribution is -0.112. The Hall–Kier alpha value is -4.38. The van der Waals surface area contributed by atoms with Crippen LogP contribution >= 0.6 is 0 Å². The molecule has 0 aliphatic carbocycles. The highest BCUT2D eigenvalue weighted by atomic mass is 16.5. The molecule has 4 aromatic rings. The van der Waals surface area contributed by atoms with Crippen LogP contribution in [-0.2, 0) is 4.79 Å². The van der Waals surface area contributed by atoms with Crippen molar-refractivity contribution in [3.63, 3.8) is 0 Å². The Kier molecular flexibility index (Phi) is 5.61. The van der Waals surface area contributed by atoms with Crippen molar-refractivity contribution in [2.24, 2.45) is 0 Å². The zero-order chi connectivity index (χ0) is 24.7. The molecule has 0 bridgehead atoms. The van der Waals surface area contributed by atoms with Crippen LogP contribution in [-0.4, -0.2) is 23.5 Å². The number of fused-ring (bicyclic) bond motifs is 1. The van der Waals surface area contributed by atoms with Gasteiger partial charge in [0.15, 0.2) is 0 Å². The minimum absolute atomic E-state index is 0.309. The van der Waals surface area contributed by atoms with Gasteiger partial charge in [-0.3, -0.25) is 9.59 Å². The Morgan fingerprint density at radius 2 is 1.37 bits per heavy atom. The van der Waals surface area contributed by atoms with Crippen molar-refractivity contribution in [1.82, 2.24) is 4.57 Å². The molecule has 5 rings (SSSR count). The van der Waals surface area contributed by atoms with E-state index in [1.54, 1.807) is 13.2 Å². The third-order valence-electron chi connectivity index (χ3n) is 6.54. The number of nitrogens with zero attached hydrogens (tertiary/aromatic N) is 2. The molecule has 174 valence electrons. The number of amides is 2. The van der Waals surface area contributed by atoms with Crippen LogP contribution in [0.15, 0.2) is 78.9 Å². The Labute approximate surface area is 204 Å². The third kappa shape index (κ3) is 3.66. The molecule has 0 N–H and O–H groups in total. The maximum atomic E-state index is 13.8. The van der Waals surface area contributed by atoms with Crippen LogP contribution in [0.5, 0.6) is 5.75 Å². The van der Waals surface area contributed by atoms with Gasteiger partial charge in [0, 0.05) is 22.5 Å². The predicted octanol–water partition coefficient (Wildman–Crippen LogP) is 6.14. The first-order chi connectivity index (χ1) is 16.9. The molecular formula is C30H26N2O3. The van der Waals surface area contributed by atoms with E-state index in [4.69, 9.17) is 4.74 Å². The van der Waals surface area contributed by atoms with Gasteiger partial charge in [-0.05, 0) is 73.9 Å². The topological polar surface area (TPSA) is 51.5 Å². The van der Waals surface area contributed by atoms with Gasteiger partial charge in [0.25, 0.3) is 11.8 Å². The molecule has 5 nitrogen and oxygen atoms in total. The average Bonchev–Trinajstić information content (AvgIpc) is 3.15. The van der Waals surface area contributed by atoms with Crippen molar-refractivity contribution < 1.29 is 14.3 Å². The molecule has 2 heterocycles. The van der Waals surface area contributed by atoms with Gasteiger partial charge in [0.05, 0.1) is 18.5 Å². The SMILES string of the molecule is COc1ccccc1-n1c(C)cc(/C=C2/C(=O)N(c3ccccc3C)C(=O)c3ccccc32)c1C. The van der Waals surface area contributed by atoms with Gasteiger partial charge in [-0.15, -0.1) is 0 Å². The molecule has 0 spiro atoms. The minimum atomic E-state index is -0.329. The minimum Gasteiger partial charge on any atom is -0.495 e. The number of ether oxygens (including phenoxy) is 1. The number of aryl methyl sites for hydroxylation is 2. The highest BCUT2D eigenvalue weighted by Gasteiger charge is 2.36. The highest BCUT2D eigenvalue weighted by Crippen LogP contribution is 2.36. The molecule has 0 saturated carbocycles. The van der Waals surface area contributed by atoms with E-state index in [1.807, 2.05) is 93.6 Å². The summed E-state index contributed by atoms with van der Waals surface area (Å²) in [6.07, 6.45) is 1.90. The van der Waals surface area contributed by atoms with Gasteiger partial charge in [-0.25, -0.2) is 4.90 Å². The largest absolute Gasteiger partial charge is 0.495 e. The number of aromatic nitrogens is 1. The zero-order valence-corrected chi connectivity index (χ0v) is 20.2. The smallest absolute Gasteiger partial charge is 0.265 e. The number of carbonyl (C=O) groups is 2. The van der Waals surface area contributed by atoms with Crippen LogP contribution in [0.25, 0.3) is 17.3 Å². The van der Waals surface area contributed by atoms with Crippen LogP contribution in [0.3, 0.4) is 0 Å². The lowest BCUT2D eigenvalue weighted by Gasteiger charge is -2.29. The molecule has 35 heavy (non-hydrogen) atoms. The molecule has 1 aliphatic heterocycles.